The van der Waals surface area contributed by atoms with E-state index < -0.39 is 0 Å². The maximum absolute atomic E-state index is 5.53. The van der Waals surface area contributed by atoms with Gasteiger partial charge in [-0.05, 0) is 39.3 Å². The fourth-order valence-electron chi connectivity index (χ4n) is 2.88. The third kappa shape index (κ3) is 2.81. The van der Waals surface area contributed by atoms with Gasteiger partial charge < -0.3 is 9.42 Å². The minimum Gasteiger partial charge on any atom is -0.338 e. The average Bonchev–Trinajstić information content (AvgIpc) is 3.28. The summed E-state index contributed by atoms with van der Waals surface area (Å²) in [4.78, 5) is 18.2. The van der Waals surface area contributed by atoms with Gasteiger partial charge in [0.2, 0.25) is 11.8 Å². The predicted molar refractivity (Wildman–Crippen MR) is 85.4 cm³/mol. The van der Waals surface area contributed by atoms with Crippen molar-refractivity contribution < 1.29 is 4.52 Å². The minimum absolute atomic E-state index is 0.0916. The molecule has 1 saturated heterocycles. The molecule has 1 atom stereocenters. The van der Waals surface area contributed by atoms with Gasteiger partial charge in [-0.1, -0.05) is 5.16 Å². The summed E-state index contributed by atoms with van der Waals surface area (Å²) in [5, 5.41) is 4.15. The van der Waals surface area contributed by atoms with E-state index in [9.17, 15) is 0 Å². The van der Waals surface area contributed by atoms with Crippen LogP contribution in [-0.2, 0) is 0 Å². The highest BCUT2D eigenvalue weighted by Crippen LogP contribution is 2.39. The van der Waals surface area contributed by atoms with Crippen molar-refractivity contribution in [2.75, 3.05) is 31.6 Å². The van der Waals surface area contributed by atoms with Gasteiger partial charge in [0.25, 0.3) is 0 Å². The second kappa shape index (κ2) is 5.56. The summed E-state index contributed by atoms with van der Waals surface area (Å²) in [6.07, 6.45) is 4.26. The first-order valence-electron chi connectivity index (χ1n) is 8.21. The smallest absolute Gasteiger partial charge is 0.245 e. The van der Waals surface area contributed by atoms with Crippen LogP contribution in [0.15, 0.2) is 10.7 Å². The molecule has 1 aliphatic carbocycles. The third-order valence-electron chi connectivity index (χ3n) is 4.83. The molecular formula is C16H22N6O. The molecule has 0 radical (unpaired) electrons. The first kappa shape index (κ1) is 14.6. The minimum atomic E-state index is 0.0916. The SMILES string of the molecule is Cc1cnc(N2CCN(C)[C@@H](c3nc(C4CC4)no3)C2)nc1C. The summed E-state index contributed by atoms with van der Waals surface area (Å²) in [7, 11) is 2.10. The highest BCUT2D eigenvalue weighted by molar-refractivity contribution is 5.34. The van der Waals surface area contributed by atoms with Gasteiger partial charge in [-0.15, -0.1) is 0 Å². The van der Waals surface area contributed by atoms with Crippen molar-refractivity contribution in [2.45, 2.75) is 38.6 Å². The van der Waals surface area contributed by atoms with Gasteiger partial charge in [0.15, 0.2) is 5.82 Å². The van der Waals surface area contributed by atoms with Crippen LogP contribution < -0.4 is 4.90 Å². The molecule has 0 amide bonds. The largest absolute Gasteiger partial charge is 0.338 e. The van der Waals surface area contributed by atoms with Gasteiger partial charge in [-0.2, -0.15) is 4.98 Å². The van der Waals surface area contributed by atoms with Crippen LogP contribution in [0.2, 0.25) is 0 Å². The molecule has 2 aromatic rings. The second-order valence-electron chi connectivity index (χ2n) is 6.65. The van der Waals surface area contributed by atoms with Crippen LogP contribution in [0.4, 0.5) is 5.95 Å². The summed E-state index contributed by atoms with van der Waals surface area (Å²) >= 11 is 0. The molecule has 2 fully saturated rings. The van der Waals surface area contributed by atoms with E-state index in [-0.39, 0.29) is 6.04 Å². The second-order valence-corrected chi connectivity index (χ2v) is 6.65. The van der Waals surface area contributed by atoms with Crippen LogP contribution in [0.3, 0.4) is 0 Å². The zero-order chi connectivity index (χ0) is 16.0. The fraction of sp³-hybridized carbons (Fsp3) is 0.625. The normalized spacial score (nSPS) is 22.6. The summed E-state index contributed by atoms with van der Waals surface area (Å²) in [6.45, 7) is 6.64. The van der Waals surface area contributed by atoms with E-state index in [2.05, 4.69) is 37.0 Å². The topological polar surface area (TPSA) is 71.2 Å². The molecule has 122 valence electrons. The molecule has 1 saturated carbocycles. The number of likely N-dealkylation sites (N-methyl/N-ethyl adjacent to an activating group) is 1. The standard InChI is InChI=1S/C16H22N6O/c1-10-8-17-16(18-11(10)2)22-7-6-21(3)13(9-22)15-19-14(20-23-15)12-4-5-12/h8,12-13H,4-7,9H2,1-3H3/t13-/m1/s1. The lowest BCUT2D eigenvalue weighted by Gasteiger charge is -2.37. The van der Waals surface area contributed by atoms with E-state index in [1.54, 1.807) is 0 Å². The molecule has 0 N–H and O–H groups in total. The highest BCUT2D eigenvalue weighted by Gasteiger charge is 2.34. The molecule has 0 unspecified atom stereocenters. The Hall–Kier alpha value is -2.02. The Morgan fingerprint density at radius 2 is 2.00 bits per heavy atom. The number of hydrogen-bond donors (Lipinski definition) is 0. The lowest BCUT2D eigenvalue weighted by Crippen LogP contribution is -2.47. The Morgan fingerprint density at radius 1 is 1.17 bits per heavy atom. The quantitative estimate of drug-likeness (QED) is 0.856. The number of anilines is 1. The van der Waals surface area contributed by atoms with Crippen molar-refractivity contribution in [3.05, 3.63) is 29.2 Å². The molecule has 2 aliphatic rings. The van der Waals surface area contributed by atoms with Crippen LogP contribution in [-0.4, -0.2) is 51.7 Å². The third-order valence-corrected chi connectivity index (χ3v) is 4.83. The summed E-state index contributed by atoms with van der Waals surface area (Å²) in [5.74, 6) is 2.88. The highest BCUT2D eigenvalue weighted by atomic mass is 16.5. The molecule has 1 aliphatic heterocycles. The molecule has 7 nitrogen and oxygen atoms in total. The molecule has 0 aromatic carbocycles. The Balaban J connectivity index is 1.55. The number of rotatable bonds is 3. The maximum Gasteiger partial charge on any atom is 0.245 e. The Bertz CT molecular complexity index is 710. The van der Waals surface area contributed by atoms with Crippen LogP contribution in [0, 0.1) is 13.8 Å². The Morgan fingerprint density at radius 3 is 2.74 bits per heavy atom. The van der Waals surface area contributed by atoms with Crippen molar-refractivity contribution in [3.63, 3.8) is 0 Å². The number of aromatic nitrogens is 4. The molecule has 3 heterocycles. The summed E-state index contributed by atoms with van der Waals surface area (Å²) < 4.78 is 5.53. The molecule has 7 heteroatoms. The van der Waals surface area contributed by atoms with Crippen LogP contribution in [0.25, 0.3) is 0 Å². The van der Waals surface area contributed by atoms with Crippen LogP contribution in [0.5, 0.6) is 0 Å². The molecule has 0 bridgehead atoms. The number of hydrogen-bond acceptors (Lipinski definition) is 7. The maximum atomic E-state index is 5.53. The zero-order valence-corrected chi connectivity index (χ0v) is 13.9. The van der Waals surface area contributed by atoms with E-state index in [1.165, 1.54) is 12.8 Å². The Labute approximate surface area is 135 Å². The first-order valence-corrected chi connectivity index (χ1v) is 8.21. The van der Waals surface area contributed by atoms with Crippen molar-refractivity contribution in [1.29, 1.82) is 0 Å². The monoisotopic (exact) mass is 314 g/mol. The molecule has 0 spiro atoms. The van der Waals surface area contributed by atoms with E-state index in [0.29, 0.717) is 11.8 Å². The van der Waals surface area contributed by atoms with Gasteiger partial charge in [0, 0.05) is 37.4 Å². The fourth-order valence-corrected chi connectivity index (χ4v) is 2.88. The van der Waals surface area contributed by atoms with E-state index in [4.69, 9.17) is 4.52 Å². The zero-order valence-electron chi connectivity index (χ0n) is 13.9. The predicted octanol–water partition coefficient (Wildman–Crippen LogP) is 1.85. The van der Waals surface area contributed by atoms with Gasteiger partial charge in [0.1, 0.15) is 6.04 Å². The lowest BCUT2D eigenvalue weighted by molar-refractivity contribution is 0.177. The van der Waals surface area contributed by atoms with Crippen molar-refractivity contribution >= 4 is 5.95 Å². The van der Waals surface area contributed by atoms with Crippen LogP contribution >= 0.6 is 0 Å². The van der Waals surface area contributed by atoms with Crippen molar-refractivity contribution in [3.8, 4) is 0 Å². The van der Waals surface area contributed by atoms with E-state index in [0.717, 1.165) is 42.7 Å². The van der Waals surface area contributed by atoms with Gasteiger partial charge >= 0.3 is 0 Å². The van der Waals surface area contributed by atoms with E-state index >= 15 is 0 Å². The Kier molecular flexibility index (Phi) is 3.52. The van der Waals surface area contributed by atoms with Crippen molar-refractivity contribution in [1.82, 2.24) is 25.0 Å². The molecular weight excluding hydrogens is 292 g/mol. The average molecular weight is 314 g/mol. The summed E-state index contributed by atoms with van der Waals surface area (Å²) in [5.41, 5.74) is 2.14. The first-order chi connectivity index (χ1) is 11.1. The van der Waals surface area contributed by atoms with Gasteiger partial charge in [0.05, 0.1) is 0 Å². The van der Waals surface area contributed by atoms with Crippen molar-refractivity contribution in [2.24, 2.45) is 0 Å². The van der Waals surface area contributed by atoms with Crippen LogP contribution in [0.1, 0.15) is 47.8 Å². The lowest BCUT2D eigenvalue weighted by atomic mass is 10.2. The molecule has 23 heavy (non-hydrogen) atoms. The number of nitrogens with zero attached hydrogens (tertiary/aromatic N) is 6. The summed E-state index contributed by atoms with van der Waals surface area (Å²) in [6, 6.07) is 0.0916. The molecule has 4 rings (SSSR count). The number of piperazine rings is 1. The van der Waals surface area contributed by atoms with E-state index in [1.807, 2.05) is 20.0 Å². The van der Waals surface area contributed by atoms with Gasteiger partial charge in [-0.25, -0.2) is 9.97 Å². The molecule has 2 aromatic heterocycles. The van der Waals surface area contributed by atoms with Gasteiger partial charge in [-0.3, -0.25) is 4.90 Å². The number of aryl methyl sites for hydroxylation is 2.